The highest BCUT2D eigenvalue weighted by Gasteiger charge is 2.60. The lowest BCUT2D eigenvalue weighted by Crippen LogP contribution is -2.53. The highest BCUT2D eigenvalue weighted by Crippen LogP contribution is 2.67. The molecule has 0 unspecified atom stereocenters. The Hall–Kier alpha value is -2.41. The maximum atomic E-state index is 13.3. The van der Waals surface area contributed by atoms with Crippen molar-refractivity contribution in [3.63, 3.8) is 0 Å². The lowest BCUT2D eigenvalue weighted by molar-refractivity contribution is -0.137. The maximum absolute atomic E-state index is 13.3. The predicted molar refractivity (Wildman–Crippen MR) is 154 cm³/mol. The van der Waals surface area contributed by atoms with E-state index in [1.54, 1.807) is 0 Å². The summed E-state index contributed by atoms with van der Waals surface area (Å²) in [6.45, 7) is 7.48. The van der Waals surface area contributed by atoms with Crippen LogP contribution in [0.25, 0.3) is 5.57 Å². The third-order valence-corrected chi connectivity index (χ3v) is 11.6. The standard InChI is InChI=1S/C36H44O/c1-25(17-19-29(26-11-6-4-7-12-26)27-13-8-5-9-14-27)31-21-22-32-30-20-18-28-15-10-16-34(37)36(28,3)33(30)23-24-35(31,32)2/h4-9,11-15,19,25,30-33H,10,16-18,20-24H2,1-3H3/t25-,30+,31-,32-,33+,35+,36+/m0/s1. The Morgan fingerprint density at radius 1 is 0.892 bits per heavy atom. The van der Waals surface area contributed by atoms with Crippen molar-refractivity contribution in [3.05, 3.63) is 89.5 Å². The van der Waals surface area contributed by atoms with E-state index in [4.69, 9.17) is 0 Å². The number of ketones is 1. The first-order chi connectivity index (χ1) is 17.9. The summed E-state index contributed by atoms with van der Waals surface area (Å²) < 4.78 is 0. The van der Waals surface area contributed by atoms with E-state index < -0.39 is 0 Å². The molecule has 0 N–H and O–H groups in total. The van der Waals surface area contributed by atoms with Gasteiger partial charge in [-0.05, 0) is 110 Å². The predicted octanol–water partition coefficient (Wildman–Crippen LogP) is 9.29. The largest absolute Gasteiger partial charge is 0.299 e. The van der Waals surface area contributed by atoms with Crippen molar-refractivity contribution >= 4 is 11.4 Å². The van der Waals surface area contributed by atoms with Gasteiger partial charge in [-0.15, -0.1) is 0 Å². The third kappa shape index (κ3) is 4.08. The molecule has 0 aliphatic heterocycles. The van der Waals surface area contributed by atoms with Crippen molar-refractivity contribution in [2.24, 2.45) is 40.4 Å². The summed E-state index contributed by atoms with van der Waals surface area (Å²) in [6, 6.07) is 21.8. The molecule has 1 nitrogen and oxygen atoms in total. The molecule has 7 atom stereocenters. The molecule has 0 bridgehead atoms. The van der Waals surface area contributed by atoms with E-state index in [9.17, 15) is 4.79 Å². The van der Waals surface area contributed by atoms with Crippen molar-refractivity contribution in [3.8, 4) is 0 Å². The number of carbonyl (C=O) groups is 1. The number of carbonyl (C=O) groups excluding carboxylic acids is 1. The SMILES string of the molecule is C[C@@H](CC=C(c1ccccc1)c1ccccc1)[C@@H]1CC[C@H]2[C@H]3CCC4=CCCC(=O)[C@@]4(C)[C@@H]3CC[C@@]21C. The molecule has 0 saturated heterocycles. The average molecular weight is 493 g/mol. The van der Waals surface area contributed by atoms with Gasteiger partial charge in [-0.25, -0.2) is 0 Å². The topological polar surface area (TPSA) is 17.1 Å². The van der Waals surface area contributed by atoms with Crippen LogP contribution in [0.5, 0.6) is 0 Å². The fraction of sp³-hybridized carbons (Fsp3) is 0.528. The van der Waals surface area contributed by atoms with E-state index in [0.717, 1.165) is 43.4 Å². The molecule has 3 saturated carbocycles. The number of Topliss-reactive ketones (excluding diaryl/α,β-unsaturated/α-hetero) is 1. The van der Waals surface area contributed by atoms with E-state index in [-0.39, 0.29) is 5.41 Å². The Bertz CT molecular complexity index is 1150. The lowest BCUT2D eigenvalue weighted by Gasteiger charge is -2.58. The zero-order chi connectivity index (χ0) is 25.6. The smallest absolute Gasteiger partial charge is 0.143 e. The minimum absolute atomic E-state index is 0.158. The highest BCUT2D eigenvalue weighted by atomic mass is 16.1. The highest BCUT2D eigenvalue weighted by molar-refractivity contribution is 5.89. The van der Waals surface area contributed by atoms with Crippen molar-refractivity contribution in [2.75, 3.05) is 0 Å². The van der Waals surface area contributed by atoms with E-state index in [2.05, 4.69) is 93.6 Å². The second kappa shape index (κ2) is 9.72. The van der Waals surface area contributed by atoms with Gasteiger partial charge in [-0.1, -0.05) is 92.2 Å². The third-order valence-electron chi connectivity index (χ3n) is 11.6. The van der Waals surface area contributed by atoms with Gasteiger partial charge in [0.25, 0.3) is 0 Å². The van der Waals surface area contributed by atoms with Gasteiger partial charge < -0.3 is 0 Å². The summed E-state index contributed by atoms with van der Waals surface area (Å²) >= 11 is 0. The summed E-state index contributed by atoms with van der Waals surface area (Å²) in [4.78, 5) is 13.3. The Morgan fingerprint density at radius 3 is 2.24 bits per heavy atom. The molecule has 0 aromatic heterocycles. The monoisotopic (exact) mass is 492 g/mol. The second-order valence-electron chi connectivity index (χ2n) is 13.1. The second-order valence-corrected chi connectivity index (χ2v) is 13.1. The normalized spacial score (nSPS) is 35.5. The van der Waals surface area contributed by atoms with Crippen LogP contribution in [-0.4, -0.2) is 5.78 Å². The van der Waals surface area contributed by atoms with Crippen LogP contribution in [0, 0.1) is 40.4 Å². The summed E-state index contributed by atoms with van der Waals surface area (Å²) in [5.41, 5.74) is 5.75. The van der Waals surface area contributed by atoms with E-state index in [1.165, 1.54) is 54.4 Å². The van der Waals surface area contributed by atoms with Gasteiger partial charge in [0.05, 0.1) is 5.41 Å². The molecule has 3 fully saturated rings. The van der Waals surface area contributed by atoms with Gasteiger partial charge in [0, 0.05) is 6.42 Å². The number of rotatable bonds is 5. The number of fused-ring (bicyclic) bond motifs is 5. The van der Waals surface area contributed by atoms with Crippen molar-refractivity contribution in [2.45, 2.75) is 78.6 Å². The van der Waals surface area contributed by atoms with E-state index >= 15 is 0 Å². The van der Waals surface area contributed by atoms with Crippen LogP contribution in [0.1, 0.15) is 89.7 Å². The average Bonchev–Trinajstić information content (AvgIpc) is 3.28. The zero-order valence-electron chi connectivity index (χ0n) is 23.1. The lowest BCUT2D eigenvalue weighted by atomic mass is 9.46. The molecule has 0 heterocycles. The molecule has 4 aliphatic carbocycles. The molecule has 0 spiro atoms. The molecule has 4 aliphatic rings. The number of allylic oxidation sites excluding steroid dienone is 3. The summed E-state index contributed by atoms with van der Waals surface area (Å²) in [6.07, 6.45) is 15.6. The van der Waals surface area contributed by atoms with Crippen LogP contribution in [0.4, 0.5) is 0 Å². The quantitative estimate of drug-likeness (QED) is 0.380. The van der Waals surface area contributed by atoms with Crippen LogP contribution in [-0.2, 0) is 4.79 Å². The van der Waals surface area contributed by atoms with Crippen LogP contribution < -0.4 is 0 Å². The summed E-state index contributed by atoms with van der Waals surface area (Å²) in [5.74, 6) is 4.09. The molecule has 1 heteroatoms. The van der Waals surface area contributed by atoms with Crippen LogP contribution in [0.2, 0.25) is 0 Å². The molecule has 2 aromatic carbocycles. The maximum Gasteiger partial charge on any atom is 0.143 e. The summed E-state index contributed by atoms with van der Waals surface area (Å²) in [5, 5.41) is 0. The number of hydrogen-bond donors (Lipinski definition) is 0. The van der Waals surface area contributed by atoms with Gasteiger partial charge in [-0.2, -0.15) is 0 Å². The van der Waals surface area contributed by atoms with Crippen LogP contribution in [0.3, 0.4) is 0 Å². The zero-order valence-corrected chi connectivity index (χ0v) is 23.1. The first-order valence-electron chi connectivity index (χ1n) is 15.0. The van der Waals surface area contributed by atoms with Crippen LogP contribution >= 0.6 is 0 Å². The molecule has 37 heavy (non-hydrogen) atoms. The molecular formula is C36H44O. The van der Waals surface area contributed by atoms with Gasteiger partial charge in [0.2, 0.25) is 0 Å². The first kappa shape index (κ1) is 24.9. The Morgan fingerprint density at radius 2 is 1.57 bits per heavy atom. The molecule has 6 rings (SSSR count). The summed E-state index contributed by atoms with van der Waals surface area (Å²) in [7, 11) is 0. The van der Waals surface area contributed by atoms with Gasteiger partial charge in [-0.3, -0.25) is 4.79 Å². The van der Waals surface area contributed by atoms with Gasteiger partial charge in [0.15, 0.2) is 0 Å². The minimum atomic E-state index is -0.158. The number of hydrogen-bond acceptors (Lipinski definition) is 1. The minimum Gasteiger partial charge on any atom is -0.299 e. The van der Waals surface area contributed by atoms with Gasteiger partial charge in [0.1, 0.15) is 5.78 Å². The first-order valence-corrected chi connectivity index (χ1v) is 15.0. The molecule has 0 radical (unpaired) electrons. The molecule has 2 aromatic rings. The fourth-order valence-electron chi connectivity index (χ4n) is 9.65. The molecule has 194 valence electrons. The number of benzene rings is 2. The van der Waals surface area contributed by atoms with Crippen molar-refractivity contribution in [1.82, 2.24) is 0 Å². The van der Waals surface area contributed by atoms with E-state index in [0.29, 0.717) is 23.0 Å². The Labute approximate surface area is 224 Å². The fourth-order valence-corrected chi connectivity index (χ4v) is 9.65. The van der Waals surface area contributed by atoms with Crippen LogP contribution in [0.15, 0.2) is 78.4 Å². The van der Waals surface area contributed by atoms with Crippen molar-refractivity contribution in [1.29, 1.82) is 0 Å². The van der Waals surface area contributed by atoms with E-state index in [1.807, 2.05) is 0 Å². The van der Waals surface area contributed by atoms with Crippen molar-refractivity contribution < 1.29 is 4.79 Å². The van der Waals surface area contributed by atoms with Gasteiger partial charge >= 0.3 is 0 Å². The Balaban J connectivity index is 1.24. The Kier molecular flexibility index (Phi) is 6.54. The molecular weight excluding hydrogens is 448 g/mol. The molecule has 0 amide bonds.